The van der Waals surface area contributed by atoms with Gasteiger partial charge in [0.15, 0.2) is 0 Å². The first-order valence-electron chi connectivity index (χ1n) is 15.1. The lowest BCUT2D eigenvalue weighted by Gasteiger charge is -2.35. The maximum atomic E-state index is 13.9. The first-order valence-corrected chi connectivity index (χ1v) is 15.1. The predicted molar refractivity (Wildman–Crippen MR) is 172 cm³/mol. The maximum absolute atomic E-state index is 13.9. The predicted octanol–water partition coefficient (Wildman–Crippen LogP) is 7.18. The van der Waals surface area contributed by atoms with Gasteiger partial charge < -0.3 is 23.8 Å². The van der Waals surface area contributed by atoms with Crippen molar-refractivity contribution >= 4 is 16.8 Å². The van der Waals surface area contributed by atoms with E-state index in [1.807, 2.05) is 59.5 Å². The fraction of sp³-hybridized carbons (Fsp3) is 0.270. The number of methoxy groups -OCH3 is 1. The van der Waals surface area contributed by atoms with E-state index in [2.05, 4.69) is 71.1 Å². The molecule has 0 radical (unpaired) electrons. The quantitative estimate of drug-likeness (QED) is 0.178. The number of amides is 1. The number of hydrogen-bond acceptors (Lipinski definition) is 4. The Hall–Kier alpha value is -4.55. The zero-order valence-electron chi connectivity index (χ0n) is 25.0. The molecule has 1 amide bonds. The molecule has 1 aliphatic heterocycles. The molecule has 0 aliphatic carbocycles. The fourth-order valence-electron chi connectivity index (χ4n) is 6.06. The molecular weight excluding hydrogens is 534 g/mol. The topological polar surface area (TPSA) is 46.9 Å². The van der Waals surface area contributed by atoms with Gasteiger partial charge in [0, 0.05) is 62.2 Å². The second-order valence-corrected chi connectivity index (χ2v) is 11.1. The Morgan fingerprint density at radius 3 is 2.26 bits per heavy atom. The Bertz CT molecular complexity index is 1650. The van der Waals surface area contributed by atoms with Crippen LogP contribution in [0.15, 0.2) is 109 Å². The first kappa shape index (κ1) is 28.6. The van der Waals surface area contributed by atoms with Gasteiger partial charge in [-0.15, -0.1) is 0 Å². The lowest BCUT2D eigenvalue weighted by Crippen LogP contribution is -2.48. The summed E-state index contributed by atoms with van der Waals surface area (Å²) in [6, 6.07) is 34.8. The number of carbonyl (C=O) groups is 1. The number of fused-ring (bicyclic) bond motifs is 1. The Balaban J connectivity index is 1.37. The average Bonchev–Trinajstić information content (AvgIpc) is 3.42. The smallest absolute Gasteiger partial charge is 0.223 e. The van der Waals surface area contributed by atoms with Crippen molar-refractivity contribution in [1.29, 1.82) is 0 Å². The molecule has 1 aliphatic rings. The van der Waals surface area contributed by atoms with Gasteiger partial charge in [0.05, 0.1) is 7.11 Å². The molecule has 0 saturated carbocycles. The summed E-state index contributed by atoms with van der Waals surface area (Å²) < 4.78 is 13.9. The third-order valence-electron chi connectivity index (χ3n) is 8.50. The van der Waals surface area contributed by atoms with Crippen molar-refractivity contribution in [2.24, 2.45) is 0 Å². The van der Waals surface area contributed by atoms with E-state index in [0.717, 1.165) is 73.2 Å². The van der Waals surface area contributed by atoms with Crippen molar-refractivity contribution in [3.05, 3.63) is 126 Å². The summed E-state index contributed by atoms with van der Waals surface area (Å²) in [5, 5.41) is 1.17. The average molecular weight is 574 g/mol. The molecule has 0 N–H and O–H groups in total. The molecule has 1 aromatic heterocycles. The Morgan fingerprint density at radius 1 is 0.791 bits per heavy atom. The third-order valence-corrected chi connectivity index (χ3v) is 8.50. The first-order chi connectivity index (χ1) is 21.1. The molecule has 0 spiro atoms. The zero-order valence-corrected chi connectivity index (χ0v) is 25.0. The molecule has 220 valence electrons. The normalized spacial score (nSPS) is 14.5. The maximum Gasteiger partial charge on any atom is 0.223 e. The molecule has 1 atom stereocenters. The summed E-state index contributed by atoms with van der Waals surface area (Å²) >= 11 is 0. The van der Waals surface area contributed by atoms with Crippen LogP contribution in [-0.2, 0) is 11.3 Å². The van der Waals surface area contributed by atoms with Crippen molar-refractivity contribution in [1.82, 2.24) is 14.4 Å². The van der Waals surface area contributed by atoms with Crippen molar-refractivity contribution in [3.63, 3.8) is 0 Å². The number of benzene rings is 4. The number of para-hydroxylation sites is 2. The number of carbonyl (C=O) groups excluding carboxylic acids is 1. The second-order valence-electron chi connectivity index (χ2n) is 11.1. The SMILES string of the molecule is CCN1CCN(C(=O)C[C@H](c2cccc(Oc3ccccc3)c2)c2cn(Cc3ccc(OC)cc3)c3ccccc23)CC1. The minimum atomic E-state index is -0.127. The van der Waals surface area contributed by atoms with Crippen molar-refractivity contribution < 1.29 is 14.3 Å². The van der Waals surface area contributed by atoms with E-state index < -0.39 is 0 Å². The molecule has 4 aromatic carbocycles. The van der Waals surface area contributed by atoms with Crippen molar-refractivity contribution in [2.45, 2.75) is 25.8 Å². The van der Waals surface area contributed by atoms with Crippen LogP contribution in [-0.4, -0.2) is 60.1 Å². The fourth-order valence-corrected chi connectivity index (χ4v) is 6.06. The molecule has 1 saturated heterocycles. The van der Waals surface area contributed by atoms with E-state index in [0.29, 0.717) is 6.42 Å². The van der Waals surface area contributed by atoms with Crippen LogP contribution >= 0.6 is 0 Å². The number of piperazine rings is 1. The van der Waals surface area contributed by atoms with Gasteiger partial charge in [-0.25, -0.2) is 0 Å². The van der Waals surface area contributed by atoms with E-state index in [1.165, 1.54) is 10.9 Å². The van der Waals surface area contributed by atoms with Gasteiger partial charge in [-0.3, -0.25) is 4.79 Å². The number of nitrogens with zero attached hydrogens (tertiary/aromatic N) is 3. The Labute approximate surface area is 254 Å². The van der Waals surface area contributed by atoms with E-state index in [-0.39, 0.29) is 11.8 Å². The largest absolute Gasteiger partial charge is 0.497 e. The van der Waals surface area contributed by atoms with Crippen molar-refractivity contribution in [2.75, 3.05) is 39.8 Å². The van der Waals surface area contributed by atoms with E-state index >= 15 is 0 Å². The molecule has 0 unspecified atom stereocenters. The van der Waals surface area contributed by atoms with E-state index in [1.54, 1.807) is 7.11 Å². The van der Waals surface area contributed by atoms with Gasteiger partial charge in [0.1, 0.15) is 17.2 Å². The number of aromatic nitrogens is 1. The van der Waals surface area contributed by atoms with Crippen molar-refractivity contribution in [3.8, 4) is 17.2 Å². The third kappa shape index (κ3) is 6.60. The summed E-state index contributed by atoms with van der Waals surface area (Å²) in [6.45, 7) is 7.32. The van der Waals surface area contributed by atoms with Gasteiger partial charge >= 0.3 is 0 Å². The van der Waals surface area contributed by atoms with Crippen LogP contribution in [0.4, 0.5) is 0 Å². The number of likely N-dealkylation sites (N-methyl/N-ethyl adjacent to an activating group) is 1. The Morgan fingerprint density at radius 2 is 1.51 bits per heavy atom. The van der Waals surface area contributed by atoms with Crippen LogP contribution in [0.2, 0.25) is 0 Å². The standard InChI is InChI=1S/C37H39N3O3/c1-3-38-20-22-39(23-21-38)37(41)25-34(29-10-9-13-32(24-29)43-31-11-5-4-6-12-31)35-27-40(36-15-8-7-14-33(35)36)26-28-16-18-30(42-2)19-17-28/h4-19,24,27,34H,3,20-23,25-26H2,1-2H3/t34-/m1/s1. The van der Waals surface area contributed by atoms with Crippen LogP contribution in [0.3, 0.4) is 0 Å². The van der Waals surface area contributed by atoms with Gasteiger partial charge in [0.25, 0.3) is 0 Å². The Kier molecular flexibility index (Phi) is 8.75. The number of hydrogen-bond donors (Lipinski definition) is 0. The van der Waals surface area contributed by atoms with Crippen LogP contribution in [0, 0.1) is 0 Å². The monoisotopic (exact) mass is 573 g/mol. The molecular formula is C37H39N3O3. The zero-order chi connectivity index (χ0) is 29.6. The summed E-state index contributed by atoms with van der Waals surface area (Å²) in [5.74, 6) is 2.47. The van der Waals surface area contributed by atoms with Gasteiger partial charge in [-0.1, -0.05) is 67.6 Å². The summed E-state index contributed by atoms with van der Waals surface area (Å²) in [7, 11) is 1.69. The minimum Gasteiger partial charge on any atom is -0.497 e. The molecule has 2 heterocycles. The highest BCUT2D eigenvalue weighted by atomic mass is 16.5. The lowest BCUT2D eigenvalue weighted by atomic mass is 9.87. The van der Waals surface area contributed by atoms with Crippen LogP contribution in [0.1, 0.15) is 36.0 Å². The highest BCUT2D eigenvalue weighted by molar-refractivity contribution is 5.87. The summed E-state index contributed by atoms with van der Waals surface area (Å²) in [4.78, 5) is 18.3. The highest BCUT2D eigenvalue weighted by Gasteiger charge is 2.27. The molecule has 1 fully saturated rings. The van der Waals surface area contributed by atoms with Crippen LogP contribution in [0.25, 0.3) is 10.9 Å². The van der Waals surface area contributed by atoms with Crippen LogP contribution in [0.5, 0.6) is 17.2 Å². The lowest BCUT2D eigenvalue weighted by molar-refractivity contribution is -0.133. The number of rotatable bonds is 10. The molecule has 0 bridgehead atoms. The minimum absolute atomic E-state index is 0.127. The highest BCUT2D eigenvalue weighted by Crippen LogP contribution is 2.37. The summed E-state index contributed by atoms with van der Waals surface area (Å²) in [6.07, 6.45) is 2.64. The second kappa shape index (κ2) is 13.2. The molecule has 43 heavy (non-hydrogen) atoms. The van der Waals surface area contributed by atoms with E-state index in [9.17, 15) is 4.79 Å². The van der Waals surface area contributed by atoms with Gasteiger partial charge in [-0.05, 0) is 65.7 Å². The molecule has 5 aromatic rings. The number of ether oxygens (including phenoxy) is 2. The van der Waals surface area contributed by atoms with Gasteiger partial charge in [-0.2, -0.15) is 0 Å². The molecule has 6 heteroatoms. The molecule has 6 rings (SSSR count). The summed E-state index contributed by atoms with van der Waals surface area (Å²) in [5.41, 5.74) is 4.56. The van der Waals surface area contributed by atoms with Gasteiger partial charge in [0.2, 0.25) is 5.91 Å². The van der Waals surface area contributed by atoms with Crippen LogP contribution < -0.4 is 9.47 Å². The van der Waals surface area contributed by atoms with E-state index in [4.69, 9.17) is 9.47 Å². The molecule has 6 nitrogen and oxygen atoms in total.